The van der Waals surface area contributed by atoms with Crippen molar-refractivity contribution < 1.29 is 9.47 Å². The quantitative estimate of drug-likeness (QED) is 0.394. The van der Waals surface area contributed by atoms with Crippen LogP contribution in [0.25, 0.3) is 0 Å². The van der Waals surface area contributed by atoms with E-state index >= 15 is 0 Å². The van der Waals surface area contributed by atoms with Crippen LogP contribution in [0.15, 0.2) is 30.3 Å². The Balaban J connectivity index is 1.50. The van der Waals surface area contributed by atoms with Gasteiger partial charge < -0.3 is 9.47 Å². The number of hydrogen-bond donors (Lipinski definition) is 0. The summed E-state index contributed by atoms with van der Waals surface area (Å²) in [4.78, 5) is 0. The third-order valence-corrected chi connectivity index (χ3v) is 4.27. The maximum atomic E-state index is 5.83. The van der Waals surface area contributed by atoms with Crippen LogP contribution in [0.5, 0.6) is 0 Å². The van der Waals surface area contributed by atoms with Gasteiger partial charge in [0.15, 0.2) is 0 Å². The van der Waals surface area contributed by atoms with Gasteiger partial charge in [0, 0.05) is 0 Å². The van der Waals surface area contributed by atoms with E-state index in [4.69, 9.17) is 9.47 Å². The Morgan fingerprint density at radius 3 is 2.33 bits per heavy atom. The molecule has 0 spiro atoms. The number of epoxide rings is 1. The molecule has 2 nitrogen and oxygen atoms in total. The van der Waals surface area contributed by atoms with E-state index in [0.717, 1.165) is 19.6 Å². The van der Waals surface area contributed by atoms with E-state index in [-0.39, 0.29) is 5.60 Å². The van der Waals surface area contributed by atoms with E-state index in [0.29, 0.717) is 6.61 Å². The van der Waals surface area contributed by atoms with Gasteiger partial charge in [0.2, 0.25) is 0 Å². The molecule has 0 N–H and O–H groups in total. The normalized spacial score (nSPS) is 20.6. The zero-order valence-electron chi connectivity index (χ0n) is 13.5. The van der Waals surface area contributed by atoms with Gasteiger partial charge >= 0.3 is 0 Å². The molecule has 1 aromatic carbocycles. The average Bonchev–Trinajstić information content (AvgIpc) is 3.28. The van der Waals surface area contributed by atoms with Crippen molar-refractivity contribution in [3.63, 3.8) is 0 Å². The molecular formula is C19H30O2. The Morgan fingerprint density at radius 1 is 1.00 bits per heavy atom. The summed E-state index contributed by atoms with van der Waals surface area (Å²) in [6, 6.07) is 10.4. The average molecular weight is 290 g/mol. The lowest BCUT2D eigenvalue weighted by molar-refractivity contribution is 0.0631. The largest absolute Gasteiger partial charge is 0.374 e. The van der Waals surface area contributed by atoms with Crippen LogP contribution in [-0.2, 0) is 16.1 Å². The first-order chi connectivity index (χ1) is 10.3. The summed E-state index contributed by atoms with van der Waals surface area (Å²) in [6.45, 7) is 4.60. The van der Waals surface area contributed by atoms with E-state index in [1.54, 1.807) is 0 Å². The Morgan fingerprint density at radius 2 is 1.67 bits per heavy atom. The van der Waals surface area contributed by atoms with Crippen molar-refractivity contribution in [2.24, 2.45) is 0 Å². The Bertz CT molecular complexity index is 370. The van der Waals surface area contributed by atoms with Crippen LogP contribution in [0.1, 0.15) is 63.9 Å². The lowest BCUT2D eigenvalue weighted by Gasteiger charge is -2.12. The monoisotopic (exact) mass is 290 g/mol. The van der Waals surface area contributed by atoms with Gasteiger partial charge in [-0.25, -0.2) is 0 Å². The van der Waals surface area contributed by atoms with Crippen molar-refractivity contribution in [3.8, 4) is 0 Å². The van der Waals surface area contributed by atoms with Crippen LogP contribution < -0.4 is 0 Å². The van der Waals surface area contributed by atoms with Gasteiger partial charge in [-0.15, -0.1) is 0 Å². The minimum atomic E-state index is 0.0538. The number of benzene rings is 1. The summed E-state index contributed by atoms with van der Waals surface area (Å²) in [6.07, 6.45) is 10.7. The molecule has 0 saturated carbocycles. The van der Waals surface area contributed by atoms with Crippen LogP contribution >= 0.6 is 0 Å². The second kappa shape index (κ2) is 9.22. The fraction of sp³-hybridized carbons (Fsp3) is 0.684. The molecule has 21 heavy (non-hydrogen) atoms. The molecule has 0 aromatic heterocycles. The van der Waals surface area contributed by atoms with Gasteiger partial charge in [-0.2, -0.15) is 0 Å². The van der Waals surface area contributed by atoms with Gasteiger partial charge in [-0.3, -0.25) is 0 Å². The molecule has 1 atom stereocenters. The summed E-state index contributed by atoms with van der Waals surface area (Å²) in [7, 11) is 0. The molecule has 118 valence electrons. The summed E-state index contributed by atoms with van der Waals surface area (Å²) in [5.74, 6) is 0. The van der Waals surface area contributed by atoms with Crippen molar-refractivity contribution in [1.82, 2.24) is 0 Å². The van der Waals surface area contributed by atoms with Crippen molar-refractivity contribution in [2.75, 3.05) is 13.2 Å². The fourth-order valence-electron chi connectivity index (χ4n) is 2.74. The van der Waals surface area contributed by atoms with Crippen LogP contribution in [0.4, 0.5) is 0 Å². The highest BCUT2D eigenvalue weighted by Crippen LogP contribution is 2.33. The first kappa shape index (κ1) is 16.5. The predicted octanol–water partition coefficient (Wildman–Crippen LogP) is 5.11. The third-order valence-electron chi connectivity index (χ3n) is 4.27. The number of ether oxygens (including phenoxy) is 2. The molecule has 1 aromatic rings. The van der Waals surface area contributed by atoms with Crippen molar-refractivity contribution >= 4 is 0 Å². The summed E-state index contributed by atoms with van der Waals surface area (Å²) < 4.78 is 11.5. The molecule has 1 saturated heterocycles. The van der Waals surface area contributed by atoms with Crippen LogP contribution in [-0.4, -0.2) is 18.8 Å². The zero-order chi connectivity index (χ0) is 14.8. The van der Waals surface area contributed by atoms with E-state index in [9.17, 15) is 0 Å². The Hall–Kier alpha value is -0.860. The van der Waals surface area contributed by atoms with Crippen molar-refractivity contribution in [3.05, 3.63) is 35.9 Å². The molecule has 0 aliphatic carbocycles. The molecule has 2 heteroatoms. The van der Waals surface area contributed by atoms with Crippen molar-refractivity contribution in [2.45, 2.75) is 70.5 Å². The lowest BCUT2D eigenvalue weighted by atomic mass is 10.0. The van der Waals surface area contributed by atoms with Crippen LogP contribution in [0.3, 0.4) is 0 Å². The van der Waals surface area contributed by atoms with Gasteiger partial charge in [-0.05, 0) is 12.0 Å². The first-order valence-electron chi connectivity index (χ1n) is 8.60. The molecule has 1 aliphatic rings. The molecule has 0 amide bonds. The molecule has 1 unspecified atom stereocenters. The lowest BCUT2D eigenvalue weighted by Crippen LogP contribution is -2.19. The third kappa shape index (κ3) is 6.62. The molecule has 1 heterocycles. The SMILES string of the molecule is CCCCCCCCCC1(COCc2ccccc2)CO1. The standard InChI is InChI=1S/C19H30O2/c1-2-3-4-5-6-7-11-14-19(17-21-19)16-20-15-18-12-9-8-10-13-18/h8-10,12-13H,2-7,11,14-17H2,1H3. The molecule has 1 aliphatic heterocycles. The fourth-order valence-corrected chi connectivity index (χ4v) is 2.74. The van der Waals surface area contributed by atoms with E-state index < -0.39 is 0 Å². The highest BCUT2D eigenvalue weighted by Gasteiger charge is 2.44. The molecule has 0 radical (unpaired) electrons. The highest BCUT2D eigenvalue weighted by atomic mass is 16.6. The minimum Gasteiger partial charge on any atom is -0.374 e. The Labute approximate surface area is 129 Å². The molecule has 1 fully saturated rings. The minimum absolute atomic E-state index is 0.0538. The first-order valence-corrected chi connectivity index (χ1v) is 8.60. The summed E-state index contributed by atoms with van der Waals surface area (Å²) in [5.41, 5.74) is 1.29. The summed E-state index contributed by atoms with van der Waals surface area (Å²) >= 11 is 0. The number of rotatable bonds is 12. The molecule has 2 rings (SSSR count). The molecule has 0 bridgehead atoms. The number of unbranched alkanes of at least 4 members (excludes halogenated alkanes) is 6. The van der Waals surface area contributed by atoms with Gasteiger partial charge in [0.25, 0.3) is 0 Å². The summed E-state index contributed by atoms with van der Waals surface area (Å²) in [5, 5.41) is 0. The van der Waals surface area contributed by atoms with Gasteiger partial charge in [0.05, 0.1) is 19.8 Å². The second-order valence-electron chi connectivity index (χ2n) is 6.32. The highest BCUT2D eigenvalue weighted by molar-refractivity contribution is 5.13. The predicted molar refractivity (Wildman–Crippen MR) is 87.4 cm³/mol. The Kier molecular flexibility index (Phi) is 7.25. The smallest absolute Gasteiger partial charge is 0.115 e. The van der Waals surface area contributed by atoms with Gasteiger partial charge in [0.1, 0.15) is 5.60 Å². The maximum Gasteiger partial charge on any atom is 0.115 e. The zero-order valence-corrected chi connectivity index (χ0v) is 13.5. The van der Waals surface area contributed by atoms with E-state index in [2.05, 4.69) is 31.2 Å². The maximum absolute atomic E-state index is 5.83. The van der Waals surface area contributed by atoms with Crippen LogP contribution in [0.2, 0.25) is 0 Å². The topological polar surface area (TPSA) is 21.8 Å². The van der Waals surface area contributed by atoms with Crippen LogP contribution in [0, 0.1) is 0 Å². The van der Waals surface area contributed by atoms with Crippen molar-refractivity contribution in [1.29, 1.82) is 0 Å². The van der Waals surface area contributed by atoms with E-state index in [1.807, 2.05) is 6.07 Å². The second-order valence-corrected chi connectivity index (χ2v) is 6.32. The molecular weight excluding hydrogens is 260 g/mol. The van der Waals surface area contributed by atoms with E-state index in [1.165, 1.54) is 50.5 Å². The number of hydrogen-bond acceptors (Lipinski definition) is 2. The van der Waals surface area contributed by atoms with Gasteiger partial charge in [-0.1, -0.05) is 82.2 Å².